The fraction of sp³-hybridized carbons (Fsp3) is 0.267. The molecule has 0 atom stereocenters. The summed E-state index contributed by atoms with van der Waals surface area (Å²) in [6.45, 7) is 3.57. The van der Waals surface area contributed by atoms with Crippen molar-refractivity contribution in [3.63, 3.8) is 0 Å². The molecule has 1 heterocycles. The van der Waals surface area contributed by atoms with Crippen LogP contribution in [0.4, 0.5) is 0 Å². The van der Waals surface area contributed by atoms with Gasteiger partial charge in [-0.1, -0.05) is 22.0 Å². The van der Waals surface area contributed by atoms with Crippen LogP contribution in [-0.4, -0.2) is 12.1 Å². The smallest absolute Gasteiger partial charge is 0.123 e. The van der Waals surface area contributed by atoms with Crippen LogP contribution in [0.1, 0.15) is 16.8 Å². The highest BCUT2D eigenvalue weighted by Crippen LogP contribution is 2.22. The minimum Gasteiger partial charge on any atom is -0.496 e. The van der Waals surface area contributed by atoms with Gasteiger partial charge in [0.1, 0.15) is 5.75 Å². The minimum absolute atomic E-state index is 0.749. The van der Waals surface area contributed by atoms with Gasteiger partial charge in [-0.2, -0.15) is 0 Å². The molecular formula is C15H17BrN2O. The van der Waals surface area contributed by atoms with Gasteiger partial charge in [0.25, 0.3) is 0 Å². The monoisotopic (exact) mass is 320 g/mol. The van der Waals surface area contributed by atoms with E-state index in [2.05, 4.69) is 45.3 Å². The quantitative estimate of drug-likeness (QED) is 0.916. The number of nitrogens with zero attached hydrogens (tertiary/aromatic N) is 1. The van der Waals surface area contributed by atoms with E-state index in [1.165, 1.54) is 5.56 Å². The van der Waals surface area contributed by atoms with Gasteiger partial charge in [0, 0.05) is 29.3 Å². The van der Waals surface area contributed by atoms with Crippen molar-refractivity contribution in [2.45, 2.75) is 20.0 Å². The Labute approximate surface area is 122 Å². The molecule has 19 heavy (non-hydrogen) atoms. The van der Waals surface area contributed by atoms with E-state index in [-0.39, 0.29) is 0 Å². The summed E-state index contributed by atoms with van der Waals surface area (Å²) in [6, 6.07) is 10.0. The Morgan fingerprint density at radius 3 is 2.84 bits per heavy atom. The van der Waals surface area contributed by atoms with Crippen LogP contribution < -0.4 is 10.1 Å². The Morgan fingerprint density at radius 1 is 1.26 bits per heavy atom. The number of halogens is 1. The van der Waals surface area contributed by atoms with Crippen LogP contribution in [0.3, 0.4) is 0 Å². The molecule has 100 valence electrons. The zero-order chi connectivity index (χ0) is 13.7. The number of benzene rings is 1. The molecule has 1 aromatic heterocycles. The molecule has 3 nitrogen and oxygen atoms in total. The van der Waals surface area contributed by atoms with Gasteiger partial charge in [0.05, 0.1) is 12.8 Å². The molecule has 1 aromatic carbocycles. The summed E-state index contributed by atoms with van der Waals surface area (Å²) in [6.07, 6.45) is 1.82. The lowest BCUT2D eigenvalue weighted by Crippen LogP contribution is -2.15. The highest BCUT2D eigenvalue weighted by Gasteiger charge is 2.04. The average molecular weight is 321 g/mol. The first-order valence-corrected chi connectivity index (χ1v) is 6.93. The SMILES string of the molecule is COc1ccc(Br)cc1CNCc1ncccc1C. The summed E-state index contributed by atoms with van der Waals surface area (Å²) in [5.74, 6) is 0.897. The molecule has 4 heteroatoms. The molecule has 0 unspecified atom stereocenters. The van der Waals surface area contributed by atoms with Crippen LogP contribution in [0.15, 0.2) is 41.0 Å². The fourth-order valence-corrected chi connectivity index (χ4v) is 2.31. The molecule has 0 aliphatic carbocycles. The van der Waals surface area contributed by atoms with Crippen molar-refractivity contribution in [2.75, 3.05) is 7.11 Å². The van der Waals surface area contributed by atoms with Gasteiger partial charge >= 0.3 is 0 Å². The molecule has 0 fully saturated rings. The van der Waals surface area contributed by atoms with Gasteiger partial charge in [0.15, 0.2) is 0 Å². The second-order valence-electron chi connectivity index (χ2n) is 4.33. The summed E-state index contributed by atoms with van der Waals surface area (Å²) < 4.78 is 6.41. The molecule has 2 aromatic rings. The number of methoxy groups -OCH3 is 1. The highest BCUT2D eigenvalue weighted by molar-refractivity contribution is 9.10. The predicted molar refractivity (Wildman–Crippen MR) is 80.2 cm³/mol. The van der Waals surface area contributed by atoms with E-state index in [0.717, 1.165) is 34.6 Å². The maximum Gasteiger partial charge on any atom is 0.123 e. The number of aromatic nitrogens is 1. The Kier molecular flexibility index (Phi) is 4.93. The largest absolute Gasteiger partial charge is 0.496 e. The molecular weight excluding hydrogens is 304 g/mol. The third-order valence-electron chi connectivity index (χ3n) is 2.97. The number of rotatable bonds is 5. The van der Waals surface area contributed by atoms with Gasteiger partial charge in [0.2, 0.25) is 0 Å². The first-order valence-electron chi connectivity index (χ1n) is 6.14. The number of pyridine rings is 1. The van der Waals surface area contributed by atoms with E-state index in [4.69, 9.17) is 4.74 Å². The summed E-state index contributed by atoms with van der Waals surface area (Å²) in [4.78, 5) is 4.37. The second kappa shape index (κ2) is 6.68. The minimum atomic E-state index is 0.749. The fourth-order valence-electron chi connectivity index (χ4n) is 1.90. The number of nitrogens with one attached hydrogen (secondary N) is 1. The summed E-state index contributed by atoms with van der Waals surface area (Å²) in [5.41, 5.74) is 3.41. The molecule has 0 saturated heterocycles. The standard InChI is InChI=1S/C15H17BrN2O/c1-11-4-3-7-18-14(11)10-17-9-12-8-13(16)5-6-15(12)19-2/h3-8,17H,9-10H2,1-2H3. The Bertz CT molecular complexity index is 558. The normalized spacial score (nSPS) is 10.5. The van der Waals surface area contributed by atoms with Gasteiger partial charge in [-0.3, -0.25) is 4.98 Å². The summed E-state index contributed by atoms with van der Waals surface area (Å²) in [7, 11) is 1.69. The van der Waals surface area contributed by atoms with E-state index < -0.39 is 0 Å². The lowest BCUT2D eigenvalue weighted by molar-refractivity contribution is 0.407. The molecule has 0 aliphatic heterocycles. The Hall–Kier alpha value is -1.39. The number of hydrogen-bond donors (Lipinski definition) is 1. The maximum absolute atomic E-state index is 5.35. The van der Waals surface area contributed by atoms with Crippen LogP contribution in [0.25, 0.3) is 0 Å². The number of ether oxygens (including phenoxy) is 1. The van der Waals surface area contributed by atoms with Crippen molar-refractivity contribution in [1.82, 2.24) is 10.3 Å². The van der Waals surface area contributed by atoms with Gasteiger partial charge in [-0.25, -0.2) is 0 Å². The molecule has 2 rings (SSSR count). The van der Waals surface area contributed by atoms with Gasteiger partial charge in [-0.15, -0.1) is 0 Å². The lowest BCUT2D eigenvalue weighted by Gasteiger charge is -2.11. The van der Waals surface area contributed by atoms with Gasteiger partial charge < -0.3 is 10.1 Å². The molecule has 0 bridgehead atoms. The van der Waals surface area contributed by atoms with Crippen molar-refractivity contribution in [3.05, 3.63) is 57.8 Å². The molecule has 1 N–H and O–H groups in total. The van der Waals surface area contributed by atoms with E-state index in [1.54, 1.807) is 7.11 Å². The van der Waals surface area contributed by atoms with Crippen LogP contribution in [0, 0.1) is 6.92 Å². The van der Waals surface area contributed by atoms with E-state index in [0.29, 0.717) is 0 Å². The van der Waals surface area contributed by atoms with Crippen LogP contribution >= 0.6 is 15.9 Å². The molecule has 0 saturated carbocycles. The Balaban J connectivity index is 2.00. The van der Waals surface area contributed by atoms with E-state index >= 15 is 0 Å². The molecule has 0 aliphatic rings. The number of hydrogen-bond acceptors (Lipinski definition) is 3. The molecule has 0 amide bonds. The molecule has 0 radical (unpaired) electrons. The third-order valence-corrected chi connectivity index (χ3v) is 3.46. The third kappa shape index (κ3) is 3.78. The lowest BCUT2D eigenvalue weighted by atomic mass is 10.2. The van der Waals surface area contributed by atoms with Crippen LogP contribution in [0.5, 0.6) is 5.75 Å². The van der Waals surface area contributed by atoms with Crippen molar-refractivity contribution in [2.24, 2.45) is 0 Å². The average Bonchev–Trinajstić information content (AvgIpc) is 2.41. The first kappa shape index (κ1) is 14.0. The topological polar surface area (TPSA) is 34.1 Å². The van der Waals surface area contributed by atoms with Crippen molar-refractivity contribution in [1.29, 1.82) is 0 Å². The van der Waals surface area contributed by atoms with Gasteiger partial charge in [-0.05, 0) is 36.8 Å². The number of aryl methyl sites for hydroxylation is 1. The zero-order valence-corrected chi connectivity index (χ0v) is 12.7. The van der Waals surface area contributed by atoms with E-state index in [1.807, 2.05) is 24.4 Å². The zero-order valence-electron chi connectivity index (χ0n) is 11.1. The predicted octanol–water partition coefficient (Wildman–Crippen LogP) is 3.45. The van der Waals surface area contributed by atoms with Crippen molar-refractivity contribution in [3.8, 4) is 5.75 Å². The highest BCUT2D eigenvalue weighted by atomic mass is 79.9. The second-order valence-corrected chi connectivity index (χ2v) is 5.24. The van der Waals surface area contributed by atoms with E-state index in [9.17, 15) is 0 Å². The maximum atomic E-state index is 5.35. The van der Waals surface area contributed by atoms with Crippen LogP contribution in [0.2, 0.25) is 0 Å². The summed E-state index contributed by atoms with van der Waals surface area (Å²) in [5, 5.41) is 3.40. The molecule has 0 spiro atoms. The Morgan fingerprint density at radius 2 is 2.11 bits per heavy atom. The van der Waals surface area contributed by atoms with Crippen molar-refractivity contribution < 1.29 is 4.74 Å². The van der Waals surface area contributed by atoms with Crippen LogP contribution in [-0.2, 0) is 13.1 Å². The first-order chi connectivity index (χ1) is 9.20. The summed E-state index contributed by atoms with van der Waals surface area (Å²) >= 11 is 3.48. The van der Waals surface area contributed by atoms with Crippen molar-refractivity contribution >= 4 is 15.9 Å².